The number of nitrogens with zero attached hydrogens (tertiary/aromatic N) is 1. The Hall–Kier alpha value is -1.25. The van der Waals surface area contributed by atoms with Crippen LogP contribution in [-0.2, 0) is 9.59 Å². The van der Waals surface area contributed by atoms with Crippen molar-refractivity contribution in [2.24, 2.45) is 16.3 Å². The predicted molar refractivity (Wildman–Crippen MR) is 62.3 cm³/mol. The summed E-state index contributed by atoms with van der Waals surface area (Å²) in [4.78, 5) is 27.9. The average molecular weight is 219 g/mol. The Balaban J connectivity index is 2.32. The van der Waals surface area contributed by atoms with Gasteiger partial charge in [-0.15, -0.1) is 0 Å². The van der Waals surface area contributed by atoms with Crippen LogP contribution in [0.2, 0.25) is 0 Å². The van der Waals surface area contributed by atoms with Crippen molar-refractivity contribution in [2.45, 2.75) is 39.0 Å². The molecule has 2 rings (SSSR count). The highest BCUT2D eigenvalue weighted by molar-refractivity contribution is 5.95. The Bertz CT molecular complexity index is 370. The van der Waals surface area contributed by atoms with Gasteiger partial charge in [-0.05, 0) is 26.2 Å². The van der Waals surface area contributed by atoms with Crippen molar-refractivity contribution in [3.8, 4) is 0 Å². The monoisotopic (exact) mass is 219 g/mol. The van der Waals surface area contributed by atoms with Crippen molar-refractivity contribution < 1.29 is 9.59 Å². The molecule has 1 aliphatic carbocycles. The number of hydrogen-bond donors (Lipinski definition) is 0. The maximum Gasteiger partial charge on any atom is 0.140 e. The first kappa shape index (κ1) is 11.2. The van der Waals surface area contributed by atoms with Crippen LogP contribution in [0.1, 0.15) is 39.0 Å². The number of rotatable bonds is 2. The van der Waals surface area contributed by atoms with Crippen LogP contribution >= 0.6 is 0 Å². The minimum atomic E-state index is -0.598. The molecule has 0 aromatic rings. The number of Topliss-reactive ketones (excluding diaryl/α,β-unsaturated/α-hetero) is 2. The molecule has 1 fully saturated rings. The molecule has 0 aromatic heterocycles. The summed E-state index contributed by atoms with van der Waals surface area (Å²) in [7, 11) is 0. The SMILES string of the molecule is CC(=O)C1(C2CCCCC2=O)C=CN=CC1. The van der Waals surface area contributed by atoms with E-state index in [0.29, 0.717) is 12.8 Å². The lowest BCUT2D eigenvalue weighted by molar-refractivity contribution is -0.137. The fourth-order valence-corrected chi connectivity index (χ4v) is 2.80. The number of allylic oxidation sites excluding steroid dienone is 1. The van der Waals surface area contributed by atoms with Gasteiger partial charge >= 0.3 is 0 Å². The molecule has 0 saturated heterocycles. The highest BCUT2D eigenvalue weighted by Crippen LogP contribution is 2.42. The van der Waals surface area contributed by atoms with Gasteiger partial charge in [-0.3, -0.25) is 14.6 Å². The molecule has 0 radical (unpaired) electrons. The van der Waals surface area contributed by atoms with Gasteiger partial charge < -0.3 is 0 Å². The smallest absolute Gasteiger partial charge is 0.140 e. The molecule has 1 aliphatic heterocycles. The summed E-state index contributed by atoms with van der Waals surface area (Å²) in [6, 6.07) is 0. The van der Waals surface area contributed by atoms with Crippen molar-refractivity contribution >= 4 is 17.8 Å². The molecule has 2 atom stereocenters. The van der Waals surface area contributed by atoms with Crippen LogP contribution < -0.4 is 0 Å². The molecule has 16 heavy (non-hydrogen) atoms. The Kier molecular flexibility index (Phi) is 3.03. The van der Waals surface area contributed by atoms with Gasteiger partial charge in [-0.1, -0.05) is 12.5 Å². The molecule has 0 aromatic carbocycles. The van der Waals surface area contributed by atoms with Gasteiger partial charge in [0.15, 0.2) is 0 Å². The second-order valence-corrected chi connectivity index (χ2v) is 4.71. The first-order chi connectivity index (χ1) is 7.67. The zero-order chi connectivity index (χ0) is 11.6. The average Bonchev–Trinajstić information content (AvgIpc) is 2.30. The fourth-order valence-electron chi connectivity index (χ4n) is 2.80. The van der Waals surface area contributed by atoms with E-state index in [9.17, 15) is 9.59 Å². The standard InChI is InChI=1S/C13H17NO2/c1-10(15)13(6-8-14-9-7-13)11-4-2-3-5-12(11)16/h6,8-9,11H,2-5,7H2,1H3. The first-order valence-electron chi connectivity index (χ1n) is 5.90. The summed E-state index contributed by atoms with van der Waals surface area (Å²) in [5, 5.41) is 0. The number of carbonyl (C=O) groups excluding carboxylic acids is 2. The van der Waals surface area contributed by atoms with Crippen LogP contribution in [0.15, 0.2) is 17.3 Å². The summed E-state index contributed by atoms with van der Waals surface area (Å²) in [6.45, 7) is 1.59. The van der Waals surface area contributed by atoms with E-state index in [1.165, 1.54) is 0 Å². The van der Waals surface area contributed by atoms with E-state index in [0.717, 1.165) is 19.3 Å². The molecule has 3 nitrogen and oxygen atoms in total. The van der Waals surface area contributed by atoms with Crippen LogP contribution in [0.25, 0.3) is 0 Å². The zero-order valence-corrected chi connectivity index (χ0v) is 9.61. The zero-order valence-electron chi connectivity index (χ0n) is 9.61. The van der Waals surface area contributed by atoms with E-state index in [1.54, 1.807) is 19.3 Å². The lowest BCUT2D eigenvalue weighted by atomic mass is 9.64. The van der Waals surface area contributed by atoms with Crippen LogP contribution in [-0.4, -0.2) is 17.8 Å². The quantitative estimate of drug-likeness (QED) is 0.715. The second kappa shape index (κ2) is 4.32. The van der Waals surface area contributed by atoms with Gasteiger partial charge in [0.25, 0.3) is 0 Å². The molecule has 1 heterocycles. The van der Waals surface area contributed by atoms with Crippen LogP contribution in [0.3, 0.4) is 0 Å². The molecule has 2 unspecified atom stereocenters. The van der Waals surface area contributed by atoms with Gasteiger partial charge in [0.1, 0.15) is 11.6 Å². The lowest BCUT2D eigenvalue weighted by Crippen LogP contribution is -2.42. The third kappa shape index (κ3) is 1.75. The maximum absolute atomic E-state index is 12.0. The minimum Gasteiger partial charge on any atom is -0.299 e. The van der Waals surface area contributed by atoms with E-state index < -0.39 is 5.41 Å². The number of carbonyl (C=O) groups is 2. The van der Waals surface area contributed by atoms with Gasteiger partial charge in [0.05, 0.1) is 5.41 Å². The van der Waals surface area contributed by atoms with Gasteiger partial charge in [-0.25, -0.2) is 0 Å². The fraction of sp³-hybridized carbons (Fsp3) is 0.615. The van der Waals surface area contributed by atoms with Gasteiger partial charge in [-0.2, -0.15) is 0 Å². The molecular weight excluding hydrogens is 202 g/mol. The van der Waals surface area contributed by atoms with E-state index in [4.69, 9.17) is 0 Å². The van der Waals surface area contributed by atoms with E-state index in [1.807, 2.05) is 6.08 Å². The third-order valence-electron chi connectivity index (χ3n) is 3.82. The van der Waals surface area contributed by atoms with Crippen molar-refractivity contribution in [1.29, 1.82) is 0 Å². The summed E-state index contributed by atoms with van der Waals surface area (Å²) in [5.74, 6) is 0.221. The van der Waals surface area contributed by atoms with Crippen molar-refractivity contribution in [3.05, 3.63) is 12.3 Å². The third-order valence-corrected chi connectivity index (χ3v) is 3.82. The molecule has 0 bridgehead atoms. The Morgan fingerprint density at radius 3 is 2.88 bits per heavy atom. The molecule has 0 amide bonds. The van der Waals surface area contributed by atoms with Crippen molar-refractivity contribution in [2.75, 3.05) is 0 Å². The number of ketones is 2. The van der Waals surface area contributed by atoms with E-state index in [-0.39, 0.29) is 17.5 Å². The lowest BCUT2D eigenvalue weighted by Gasteiger charge is -2.37. The number of hydrogen-bond acceptors (Lipinski definition) is 3. The second-order valence-electron chi connectivity index (χ2n) is 4.71. The molecule has 0 N–H and O–H groups in total. The first-order valence-corrected chi connectivity index (χ1v) is 5.90. The normalized spacial score (nSPS) is 34.1. The molecule has 86 valence electrons. The van der Waals surface area contributed by atoms with Crippen LogP contribution in [0.5, 0.6) is 0 Å². The summed E-state index contributed by atoms with van der Waals surface area (Å²) in [5.41, 5.74) is -0.598. The van der Waals surface area contributed by atoms with Crippen LogP contribution in [0.4, 0.5) is 0 Å². The van der Waals surface area contributed by atoms with Gasteiger partial charge in [0.2, 0.25) is 0 Å². The minimum absolute atomic E-state index is 0.0927. The maximum atomic E-state index is 12.0. The molecule has 1 saturated carbocycles. The predicted octanol–water partition coefficient (Wildman–Crippen LogP) is 2.31. The molecule has 2 aliphatic rings. The highest BCUT2D eigenvalue weighted by atomic mass is 16.1. The van der Waals surface area contributed by atoms with Crippen molar-refractivity contribution in [1.82, 2.24) is 0 Å². The molecule has 3 heteroatoms. The summed E-state index contributed by atoms with van der Waals surface area (Å²) >= 11 is 0. The molecular formula is C13H17NO2. The Morgan fingerprint density at radius 1 is 1.50 bits per heavy atom. The Morgan fingerprint density at radius 2 is 2.31 bits per heavy atom. The molecule has 0 spiro atoms. The van der Waals surface area contributed by atoms with Gasteiger partial charge in [0, 0.05) is 24.8 Å². The number of aliphatic imine (C=N–C) groups is 1. The van der Waals surface area contributed by atoms with Crippen LogP contribution in [0, 0.1) is 11.3 Å². The van der Waals surface area contributed by atoms with E-state index >= 15 is 0 Å². The summed E-state index contributed by atoms with van der Waals surface area (Å²) < 4.78 is 0. The highest BCUT2D eigenvalue weighted by Gasteiger charge is 2.45. The van der Waals surface area contributed by atoms with Crippen molar-refractivity contribution in [3.63, 3.8) is 0 Å². The Labute approximate surface area is 95.6 Å². The summed E-state index contributed by atoms with van der Waals surface area (Å²) in [6.07, 6.45) is 9.33. The largest absolute Gasteiger partial charge is 0.299 e. The topological polar surface area (TPSA) is 46.5 Å². The van der Waals surface area contributed by atoms with E-state index in [2.05, 4.69) is 4.99 Å².